The van der Waals surface area contributed by atoms with Crippen molar-refractivity contribution in [2.75, 3.05) is 0 Å². The first kappa shape index (κ1) is 16.7. The summed E-state index contributed by atoms with van der Waals surface area (Å²) in [5.74, 6) is 1.77. The number of nitrogens with one attached hydrogen (secondary N) is 1. The Morgan fingerprint density at radius 3 is 2.65 bits per heavy atom. The number of ketones is 1. The lowest BCUT2D eigenvalue weighted by molar-refractivity contribution is -0.146. The van der Waals surface area contributed by atoms with Gasteiger partial charge in [0.25, 0.3) is 0 Å². The summed E-state index contributed by atoms with van der Waals surface area (Å²) in [5, 5.41) is 3.25. The highest BCUT2D eigenvalue weighted by molar-refractivity contribution is 6.09. The lowest BCUT2D eigenvalue weighted by Crippen LogP contribution is -2.52. The molecular formula is C20H31NO2. The Labute approximate surface area is 140 Å². The smallest absolute Gasteiger partial charge is 0.234 e. The number of amides is 1. The van der Waals surface area contributed by atoms with Crippen molar-refractivity contribution in [3.05, 3.63) is 11.6 Å². The van der Waals surface area contributed by atoms with E-state index in [4.69, 9.17) is 0 Å². The Morgan fingerprint density at radius 2 is 2.00 bits per heavy atom. The van der Waals surface area contributed by atoms with E-state index in [2.05, 4.69) is 46.0 Å². The fourth-order valence-electron chi connectivity index (χ4n) is 5.51. The second-order valence-corrected chi connectivity index (χ2v) is 8.71. The zero-order valence-corrected chi connectivity index (χ0v) is 15.2. The molecule has 23 heavy (non-hydrogen) atoms. The van der Waals surface area contributed by atoms with Gasteiger partial charge in [0, 0.05) is 18.4 Å². The Hall–Kier alpha value is -1.12. The maximum atomic E-state index is 13.2. The van der Waals surface area contributed by atoms with Gasteiger partial charge >= 0.3 is 0 Å². The minimum Gasteiger partial charge on any atom is -0.352 e. The van der Waals surface area contributed by atoms with Gasteiger partial charge in [-0.15, -0.1) is 0 Å². The predicted octanol–water partition coefficient (Wildman–Crippen LogP) is 3.73. The average Bonchev–Trinajstić information content (AvgIpc) is 2.67. The molecule has 1 saturated heterocycles. The molecule has 2 aliphatic carbocycles. The summed E-state index contributed by atoms with van der Waals surface area (Å²) in [5.41, 5.74) is 0.575. The summed E-state index contributed by atoms with van der Waals surface area (Å²) in [4.78, 5) is 26.3. The lowest BCUT2D eigenvalue weighted by Gasteiger charge is -2.45. The first-order chi connectivity index (χ1) is 10.8. The van der Waals surface area contributed by atoms with Crippen molar-refractivity contribution in [2.45, 2.75) is 66.3 Å². The highest BCUT2D eigenvalue weighted by atomic mass is 16.2. The summed E-state index contributed by atoms with van der Waals surface area (Å²) in [6.07, 6.45) is 5.68. The third kappa shape index (κ3) is 2.38. The molecule has 3 nitrogen and oxygen atoms in total. The minimum absolute atomic E-state index is 0.0212. The van der Waals surface area contributed by atoms with Crippen LogP contribution in [0.2, 0.25) is 0 Å². The van der Waals surface area contributed by atoms with E-state index in [1.54, 1.807) is 0 Å². The Bertz CT molecular complexity index is 550. The highest BCUT2D eigenvalue weighted by Gasteiger charge is 2.65. The first-order valence-corrected chi connectivity index (χ1v) is 9.31. The topological polar surface area (TPSA) is 46.2 Å². The van der Waals surface area contributed by atoms with E-state index in [1.165, 1.54) is 5.57 Å². The van der Waals surface area contributed by atoms with E-state index in [-0.39, 0.29) is 29.6 Å². The summed E-state index contributed by atoms with van der Waals surface area (Å²) < 4.78 is 0. The van der Waals surface area contributed by atoms with Gasteiger partial charge in [0.05, 0.1) is 0 Å². The monoisotopic (exact) mass is 317 g/mol. The van der Waals surface area contributed by atoms with Crippen LogP contribution >= 0.6 is 0 Å². The zero-order valence-electron chi connectivity index (χ0n) is 15.2. The summed E-state index contributed by atoms with van der Waals surface area (Å²) in [6.45, 7) is 11.0. The van der Waals surface area contributed by atoms with E-state index >= 15 is 0 Å². The number of Topliss-reactive ketones (excluding diaryl/α,β-unsaturated/α-hetero) is 1. The Morgan fingerprint density at radius 1 is 1.30 bits per heavy atom. The van der Waals surface area contributed by atoms with Crippen molar-refractivity contribution in [3.8, 4) is 0 Å². The van der Waals surface area contributed by atoms with E-state index in [0.717, 1.165) is 19.3 Å². The van der Waals surface area contributed by atoms with Crippen molar-refractivity contribution < 1.29 is 9.59 Å². The number of carbonyl (C=O) groups is 2. The Balaban J connectivity index is 2.12. The van der Waals surface area contributed by atoms with E-state index in [0.29, 0.717) is 24.2 Å². The van der Waals surface area contributed by atoms with Crippen LogP contribution in [0.1, 0.15) is 60.3 Å². The normalized spacial score (nSPS) is 43.6. The molecule has 0 radical (unpaired) electrons. The molecule has 6 unspecified atom stereocenters. The molecule has 1 aliphatic heterocycles. The number of hydrogen-bond acceptors (Lipinski definition) is 2. The molecule has 128 valence electrons. The van der Waals surface area contributed by atoms with Crippen molar-refractivity contribution in [3.63, 3.8) is 0 Å². The van der Waals surface area contributed by atoms with Crippen LogP contribution in [0.25, 0.3) is 0 Å². The summed E-state index contributed by atoms with van der Waals surface area (Å²) >= 11 is 0. The molecule has 1 saturated carbocycles. The van der Waals surface area contributed by atoms with Crippen molar-refractivity contribution in [1.82, 2.24) is 5.32 Å². The number of allylic oxidation sites excluding steroid dienone is 2. The molecular weight excluding hydrogens is 286 g/mol. The fourth-order valence-corrected chi connectivity index (χ4v) is 5.51. The van der Waals surface area contributed by atoms with Crippen LogP contribution in [0.15, 0.2) is 11.6 Å². The third-order valence-electron chi connectivity index (χ3n) is 6.66. The van der Waals surface area contributed by atoms with Crippen LogP contribution in [0.5, 0.6) is 0 Å². The highest BCUT2D eigenvalue weighted by Crippen LogP contribution is 2.57. The second-order valence-electron chi connectivity index (χ2n) is 8.71. The van der Waals surface area contributed by atoms with Crippen LogP contribution in [-0.4, -0.2) is 17.7 Å². The second kappa shape index (κ2) is 5.75. The molecule has 3 aliphatic rings. The van der Waals surface area contributed by atoms with Crippen molar-refractivity contribution >= 4 is 11.7 Å². The first-order valence-electron chi connectivity index (χ1n) is 9.31. The van der Waals surface area contributed by atoms with E-state index in [1.807, 2.05) is 0 Å². The zero-order chi connectivity index (χ0) is 16.9. The number of carbonyl (C=O) groups excluding carboxylic acids is 2. The molecule has 1 amide bonds. The molecule has 1 heterocycles. The average molecular weight is 317 g/mol. The van der Waals surface area contributed by atoms with Gasteiger partial charge < -0.3 is 5.32 Å². The Kier molecular flexibility index (Phi) is 4.18. The molecule has 0 aromatic heterocycles. The van der Waals surface area contributed by atoms with Gasteiger partial charge in [-0.1, -0.05) is 39.3 Å². The molecule has 1 N–H and O–H groups in total. The largest absolute Gasteiger partial charge is 0.352 e. The van der Waals surface area contributed by atoms with Gasteiger partial charge in [-0.2, -0.15) is 0 Å². The van der Waals surface area contributed by atoms with Crippen molar-refractivity contribution in [2.24, 2.45) is 35.0 Å². The van der Waals surface area contributed by atoms with Gasteiger partial charge in [0.1, 0.15) is 11.2 Å². The summed E-state index contributed by atoms with van der Waals surface area (Å²) in [7, 11) is 0. The maximum absolute atomic E-state index is 13.2. The van der Waals surface area contributed by atoms with Crippen LogP contribution in [0.4, 0.5) is 0 Å². The van der Waals surface area contributed by atoms with Crippen LogP contribution in [0, 0.1) is 35.0 Å². The molecule has 6 atom stereocenters. The van der Waals surface area contributed by atoms with Crippen LogP contribution in [0.3, 0.4) is 0 Å². The number of hydrogen-bond donors (Lipinski definition) is 1. The van der Waals surface area contributed by atoms with Gasteiger partial charge in [-0.3, -0.25) is 9.59 Å². The standard InChI is InChI=1S/C20H31NO2/c1-11(2)8-16-18-14(5)13(4)10-15-9-12(3)6-7-17(22)20(15,18)19(23)21-16/h10-12,14-16,18H,6-9H2,1-5H3,(H,21,23). The predicted molar refractivity (Wildman–Crippen MR) is 91.7 cm³/mol. The van der Waals surface area contributed by atoms with Crippen LogP contribution < -0.4 is 5.32 Å². The molecule has 0 bridgehead atoms. The molecule has 0 aromatic carbocycles. The quantitative estimate of drug-likeness (QED) is 0.623. The van der Waals surface area contributed by atoms with Gasteiger partial charge in [-0.05, 0) is 49.9 Å². The minimum atomic E-state index is -0.788. The molecule has 3 rings (SSSR count). The molecule has 0 aromatic rings. The van der Waals surface area contributed by atoms with Crippen molar-refractivity contribution in [1.29, 1.82) is 0 Å². The fraction of sp³-hybridized carbons (Fsp3) is 0.800. The number of rotatable bonds is 2. The van der Waals surface area contributed by atoms with Gasteiger partial charge in [0.15, 0.2) is 0 Å². The van der Waals surface area contributed by atoms with E-state index < -0.39 is 5.41 Å². The molecule has 2 fully saturated rings. The van der Waals surface area contributed by atoms with Gasteiger partial charge in [0.2, 0.25) is 5.91 Å². The lowest BCUT2D eigenvalue weighted by atomic mass is 9.54. The van der Waals surface area contributed by atoms with Crippen LogP contribution in [-0.2, 0) is 9.59 Å². The molecule has 3 heteroatoms. The van der Waals surface area contributed by atoms with Gasteiger partial charge in [-0.25, -0.2) is 0 Å². The summed E-state index contributed by atoms with van der Waals surface area (Å²) in [6, 6.07) is 0.140. The third-order valence-corrected chi connectivity index (χ3v) is 6.66. The SMILES string of the molecule is CC1=CC2CC(C)CCC(=O)C23C(=O)NC(CC(C)C)C3C1C. The maximum Gasteiger partial charge on any atom is 0.234 e. The van der Waals surface area contributed by atoms with E-state index in [9.17, 15) is 9.59 Å². The molecule has 1 spiro atoms.